The topological polar surface area (TPSA) is 67.8 Å². The molecule has 0 unspecified atom stereocenters. The van der Waals surface area contributed by atoms with Crippen LogP contribution in [0.25, 0.3) is 0 Å². The van der Waals surface area contributed by atoms with E-state index in [-0.39, 0.29) is 5.84 Å². The van der Waals surface area contributed by atoms with Gasteiger partial charge in [0.2, 0.25) is 0 Å². The predicted molar refractivity (Wildman–Crippen MR) is 71.0 cm³/mol. The maximum Gasteiger partial charge on any atom is 0.170 e. The number of oxime groups is 1. The molecule has 1 saturated carbocycles. The minimum Gasteiger partial charge on any atom is -0.409 e. The first-order valence-electron chi connectivity index (χ1n) is 6.08. The van der Waals surface area contributed by atoms with E-state index in [9.17, 15) is 0 Å². The van der Waals surface area contributed by atoms with Gasteiger partial charge in [-0.05, 0) is 24.5 Å². The zero-order valence-electron chi connectivity index (χ0n) is 10.1. The molecule has 18 heavy (non-hydrogen) atoms. The molecule has 0 amide bonds. The number of ether oxygens (including phenoxy) is 1. The van der Waals surface area contributed by atoms with Gasteiger partial charge < -0.3 is 15.7 Å². The molecule has 0 aromatic heterocycles. The second kappa shape index (κ2) is 6.07. The van der Waals surface area contributed by atoms with Gasteiger partial charge in [0.25, 0.3) is 0 Å². The third-order valence-electron chi connectivity index (χ3n) is 3.23. The molecule has 1 aliphatic carbocycles. The number of amidine groups is 1. The largest absolute Gasteiger partial charge is 0.409 e. The monoisotopic (exact) mass is 268 g/mol. The molecule has 4 nitrogen and oxygen atoms in total. The number of benzene rings is 1. The van der Waals surface area contributed by atoms with E-state index in [0.29, 0.717) is 23.3 Å². The van der Waals surface area contributed by atoms with E-state index in [2.05, 4.69) is 5.16 Å². The fourth-order valence-corrected chi connectivity index (χ4v) is 2.38. The number of nitrogens with zero attached hydrogens (tertiary/aromatic N) is 1. The summed E-state index contributed by atoms with van der Waals surface area (Å²) in [6.45, 7) is 0.514. The van der Waals surface area contributed by atoms with Gasteiger partial charge in [-0.1, -0.05) is 41.7 Å². The second-order valence-electron chi connectivity index (χ2n) is 4.51. The van der Waals surface area contributed by atoms with E-state index in [0.717, 1.165) is 18.4 Å². The van der Waals surface area contributed by atoms with Crippen LogP contribution in [0.4, 0.5) is 0 Å². The van der Waals surface area contributed by atoms with Crippen molar-refractivity contribution in [2.75, 3.05) is 0 Å². The summed E-state index contributed by atoms with van der Waals surface area (Å²) in [4.78, 5) is 0. The van der Waals surface area contributed by atoms with E-state index >= 15 is 0 Å². The normalized spacial score (nSPS) is 17.3. The molecule has 0 saturated heterocycles. The molecule has 0 radical (unpaired) electrons. The number of halogens is 1. The summed E-state index contributed by atoms with van der Waals surface area (Å²) in [6, 6.07) is 5.31. The SMILES string of the molecule is N/C(=N/O)c1ccc(COC2CCCC2)c(Cl)c1. The van der Waals surface area contributed by atoms with Gasteiger partial charge >= 0.3 is 0 Å². The van der Waals surface area contributed by atoms with Crippen molar-refractivity contribution >= 4 is 17.4 Å². The van der Waals surface area contributed by atoms with Crippen LogP contribution in [0.1, 0.15) is 36.8 Å². The van der Waals surface area contributed by atoms with Crippen molar-refractivity contribution < 1.29 is 9.94 Å². The molecule has 1 aliphatic rings. The van der Waals surface area contributed by atoms with Gasteiger partial charge in [-0.2, -0.15) is 0 Å². The summed E-state index contributed by atoms with van der Waals surface area (Å²) in [7, 11) is 0. The average Bonchev–Trinajstić information content (AvgIpc) is 2.89. The summed E-state index contributed by atoms with van der Waals surface area (Å²) in [6.07, 6.45) is 5.14. The van der Waals surface area contributed by atoms with Gasteiger partial charge in [0.15, 0.2) is 5.84 Å². The zero-order valence-corrected chi connectivity index (χ0v) is 10.9. The van der Waals surface area contributed by atoms with Crippen LogP contribution in [0.5, 0.6) is 0 Å². The molecule has 0 heterocycles. The first kappa shape index (κ1) is 13.2. The van der Waals surface area contributed by atoms with Gasteiger partial charge in [-0.25, -0.2) is 0 Å². The summed E-state index contributed by atoms with van der Waals surface area (Å²) in [5.41, 5.74) is 7.03. The molecule has 1 aromatic carbocycles. The lowest BCUT2D eigenvalue weighted by Crippen LogP contribution is -2.13. The van der Waals surface area contributed by atoms with Crippen LogP contribution in [0.2, 0.25) is 5.02 Å². The molecular formula is C13H17ClN2O2. The molecule has 5 heteroatoms. The van der Waals surface area contributed by atoms with Gasteiger partial charge in [0.05, 0.1) is 12.7 Å². The Morgan fingerprint density at radius 2 is 2.17 bits per heavy atom. The summed E-state index contributed by atoms with van der Waals surface area (Å²) >= 11 is 6.14. The van der Waals surface area contributed by atoms with Crippen LogP contribution < -0.4 is 5.73 Å². The fraction of sp³-hybridized carbons (Fsp3) is 0.462. The van der Waals surface area contributed by atoms with Crippen LogP contribution in [0, 0.1) is 0 Å². The highest BCUT2D eigenvalue weighted by Gasteiger charge is 2.16. The molecule has 0 spiro atoms. The summed E-state index contributed by atoms with van der Waals surface area (Å²) in [5.74, 6) is 0.0557. The molecule has 0 bridgehead atoms. The van der Waals surface area contributed by atoms with Crippen molar-refractivity contribution in [2.24, 2.45) is 10.9 Å². The highest BCUT2D eigenvalue weighted by Crippen LogP contribution is 2.24. The Morgan fingerprint density at radius 3 is 2.78 bits per heavy atom. The maximum absolute atomic E-state index is 8.59. The first-order valence-corrected chi connectivity index (χ1v) is 6.46. The Hall–Kier alpha value is -1.26. The lowest BCUT2D eigenvalue weighted by atomic mass is 10.1. The number of rotatable bonds is 4. The molecule has 2 rings (SSSR count). The van der Waals surface area contributed by atoms with Crippen molar-refractivity contribution in [1.29, 1.82) is 0 Å². The maximum atomic E-state index is 8.59. The molecule has 0 aliphatic heterocycles. The number of hydrogen-bond acceptors (Lipinski definition) is 3. The minimum absolute atomic E-state index is 0.0557. The van der Waals surface area contributed by atoms with Crippen LogP contribution >= 0.6 is 11.6 Å². The van der Waals surface area contributed by atoms with Crippen molar-refractivity contribution in [3.8, 4) is 0 Å². The van der Waals surface area contributed by atoms with E-state index in [1.54, 1.807) is 12.1 Å². The highest BCUT2D eigenvalue weighted by atomic mass is 35.5. The molecule has 3 N–H and O–H groups in total. The summed E-state index contributed by atoms with van der Waals surface area (Å²) in [5, 5.41) is 12.1. The fourth-order valence-electron chi connectivity index (χ4n) is 2.14. The van der Waals surface area contributed by atoms with Crippen LogP contribution in [-0.4, -0.2) is 17.1 Å². The standard InChI is InChI=1S/C13H17ClN2O2/c14-12-7-9(13(15)16-17)5-6-10(12)8-18-11-3-1-2-4-11/h5-7,11,17H,1-4,8H2,(H2,15,16). The Kier molecular flexibility index (Phi) is 4.44. The van der Waals surface area contributed by atoms with Gasteiger partial charge in [0, 0.05) is 10.6 Å². The van der Waals surface area contributed by atoms with Crippen molar-refractivity contribution in [3.63, 3.8) is 0 Å². The lowest BCUT2D eigenvalue weighted by molar-refractivity contribution is 0.0457. The Balaban J connectivity index is 2.00. The second-order valence-corrected chi connectivity index (χ2v) is 4.92. The zero-order chi connectivity index (χ0) is 13.0. The highest BCUT2D eigenvalue weighted by molar-refractivity contribution is 6.31. The van der Waals surface area contributed by atoms with Gasteiger partial charge in [-0.15, -0.1) is 0 Å². The third-order valence-corrected chi connectivity index (χ3v) is 3.59. The van der Waals surface area contributed by atoms with Crippen LogP contribution in [0.15, 0.2) is 23.4 Å². The van der Waals surface area contributed by atoms with E-state index in [1.807, 2.05) is 6.07 Å². The average molecular weight is 269 g/mol. The Labute approximate surface area is 111 Å². The summed E-state index contributed by atoms with van der Waals surface area (Å²) < 4.78 is 5.80. The number of hydrogen-bond donors (Lipinski definition) is 2. The quantitative estimate of drug-likeness (QED) is 0.382. The molecule has 1 aromatic rings. The smallest absolute Gasteiger partial charge is 0.170 e. The van der Waals surface area contributed by atoms with E-state index < -0.39 is 0 Å². The molecular weight excluding hydrogens is 252 g/mol. The Bertz CT molecular complexity index is 443. The van der Waals surface area contributed by atoms with Crippen LogP contribution in [0.3, 0.4) is 0 Å². The van der Waals surface area contributed by atoms with Gasteiger partial charge in [0.1, 0.15) is 0 Å². The minimum atomic E-state index is 0.0557. The predicted octanol–water partition coefficient (Wildman–Crippen LogP) is 2.89. The van der Waals surface area contributed by atoms with Crippen molar-refractivity contribution in [1.82, 2.24) is 0 Å². The van der Waals surface area contributed by atoms with Crippen molar-refractivity contribution in [3.05, 3.63) is 34.3 Å². The molecule has 0 atom stereocenters. The van der Waals surface area contributed by atoms with E-state index in [1.165, 1.54) is 12.8 Å². The van der Waals surface area contributed by atoms with Gasteiger partial charge in [-0.3, -0.25) is 0 Å². The number of nitrogens with two attached hydrogens (primary N) is 1. The van der Waals surface area contributed by atoms with Crippen molar-refractivity contribution in [2.45, 2.75) is 38.4 Å². The molecule has 98 valence electrons. The Morgan fingerprint density at radius 1 is 1.44 bits per heavy atom. The van der Waals surface area contributed by atoms with E-state index in [4.69, 9.17) is 27.3 Å². The lowest BCUT2D eigenvalue weighted by Gasteiger charge is -2.12. The first-order chi connectivity index (χ1) is 8.70. The molecule has 1 fully saturated rings. The third kappa shape index (κ3) is 3.15. The van der Waals surface area contributed by atoms with Crippen LogP contribution in [-0.2, 0) is 11.3 Å².